The molecule has 3 heteroatoms. The number of benzene rings is 1. The molecule has 1 unspecified atom stereocenters. The van der Waals surface area contributed by atoms with E-state index in [4.69, 9.17) is 0 Å². The molecular weight excluding hydrogens is 239 g/mol. The van der Waals surface area contributed by atoms with Crippen LogP contribution in [-0.2, 0) is 6.54 Å². The van der Waals surface area contributed by atoms with E-state index in [0.29, 0.717) is 6.04 Å². The van der Waals surface area contributed by atoms with Crippen molar-refractivity contribution in [3.05, 3.63) is 29.6 Å². The fourth-order valence-corrected chi connectivity index (χ4v) is 2.32. The minimum absolute atomic E-state index is 0.155. The summed E-state index contributed by atoms with van der Waals surface area (Å²) < 4.78 is 13.5. The van der Waals surface area contributed by atoms with Crippen LogP contribution >= 0.6 is 0 Å². The smallest absolute Gasteiger partial charge is 0.123 e. The molecule has 0 fully saturated rings. The number of halogens is 1. The highest BCUT2D eigenvalue weighted by molar-refractivity contribution is 5.54. The van der Waals surface area contributed by atoms with Crippen LogP contribution in [0.5, 0.6) is 0 Å². The van der Waals surface area contributed by atoms with E-state index in [0.717, 1.165) is 43.7 Å². The van der Waals surface area contributed by atoms with Crippen LogP contribution in [0, 0.1) is 5.82 Å². The summed E-state index contributed by atoms with van der Waals surface area (Å²) in [6, 6.07) is 5.60. The van der Waals surface area contributed by atoms with Crippen LogP contribution in [0.1, 0.15) is 46.1 Å². The lowest BCUT2D eigenvalue weighted by molar-refractivity contribution is 0.605. The molecule has 0 aliphatic rings. The summed E-state index contributed by atoms with van der Waals surface area (Å²) >= 11 is 0. The summed E-state index contributed by atoms with van der Waals surface area (Å²) in [5.74, 6) is -0.155. The van der Waals surface area contributed by atoms with Gasteiger partial charge in [0.2, 0.25) is 0 Å². The Balaban J connectivity index is 2.96. The van der Waals surface area contributed by atoms with Crippen LogP contribution in [0.15, 0.2) is 18.2 Å². The number of anilines is 1. The highest BCUT2D eigenvalue weighted by Crippen LogP contribution is 2.24. The molecule has 1 aromatic carbocycles. The number of nitrogens with zero attached hydrogens (tertiary/aromatic N) is 1. The van der Waals surface area contributed by atoms with Gasteiger partial charge in [-0.25, -0.2) is 4.39 Å². The molecule has 0 saturated heterocycles. The summed E-state index contributed by atoms with van der Waals surface area (Å²) in [6.45, 7) is 11.3. The fourth-order valence-electron chi connectivity index (χ4n) is 2.32. The van der Waals surface area contributed by atoms with E-state index >= 15 is 0 Å². The largest absolute Gasteiger partial charge is 0.369 e. The van der Waals surface area contributed by atoms with Gasteiger partial charge >= 0.3 is 0 Å². The molecular formula is C16H27FN2. The van der Waals surface area contributed by atoms with Gasteiger partial charge in [-0.3, -0.25) is 0 Å². The normalized spacial score (nSPS) is 12.5. The van der Waals surface area contributed by atoms with E-state index < -0.39 is 0 Å². The van der Waals surface area contributed by atoms with Crippen LogP contribution in [0.4, 0.5) is 10.1 Å². The van der Waals surface area contributed by atoms with E-state index in [1.807, 2.05) is 6.07 Å². The molecule has 1 N–H and O–H groups in total. The van der Waals surface area contributed by atoms with E-state index in [1.54, 1.807) is 12.1 Å². The maximum atomic E-state index is 13.5. The summed E-state index contributed by atoms with van der Waals surface area (Å²) in [7, 11) is 0. The minimum atomic E-state index is -0.155. The topological polar surface area (TPSA) is 15.3 Å². The molecule has 1 aromatic rings. The third-order valence-corrected chi connectivity index (χ3v) is 3.56. The zero-order valence-electron chi connectivity index (χ0n) is 12.7. The van der Waals surface area contributed by atoms with Crippen molar-refractivity contribution in [3.63, 3.8) is 0 Å². The Morgan fingerprint density at radius 2 is 2.00 bits per heavy atom. The van der Waals surface area contributed by atoms with Gasteiger partial charge in [-0.05, 0) is 57.0 Å². The number of hydrogen-bond acceptors (Lipinski definition) is 2. The highest BCUT2D eigenvalue weighted by Gasteiger charge is 2.15. The zero-order valence-corrected chi connectivity index (χ0v) is 12.7. The maximum Gasteiger partial charge on any atom is 0.123 e. The monoisotopic (exact) mass is 266 g/mol. The summed E-state index contributed by atoms with van der Waals surface area (Å²) in [4.78, 5) is 2.35. The molecule has 19 heavy (non-hydrogen) atoms. The summed E-state index contributed by atoms with van der Waals surface area (Å²) in [6.07, 6.45) is 2.18. The van der Waals surface area contributed by atoms with Crippen molar-refractivity contribution in [2.75, 3.05) is 18.0 Å². The Morgan fingerprint density at radius 1 is 1.26 bits per heavy atom. The van der Waals surface area contributed by atoms with Gasteiger partial charge in [0.05, 0.1) is 0 Å². The molecule has 2 nitrogen and oxygen atoms in total. The van der Waals surface area contributed by atoms with Crippen molar-refractivity contribution in [1.82, 2.24) is 5.32 Å². The van der Waals surface area contributed by atoms with Gasteiger partial charge in [0.15, 0.2) is 0 Å². The van der Waals surface area contributed by atoms with Gasteiger partial charge in [-0.15, -0.1) is 0 Å². The molecule has 0 radical (unpaired) electrons. The standard InChI is InChI=1S/C16H27FN2/c1-5-10-18-12-14-11-15(17)8-9-16(14)19(7-3)13(4)6-2/h8-9,11,13,18H,5-7,10,12H2,1-4H3. The molecule has 0 aliphatic heterocycles. The molecule has 1 atom stereocenters. The van der Waals surface area contributed by atoms with Gasteiger partial charge in [-0.2, -0.15) is 0 Å². The Bertz CT molecular complexity index is 379. The molecule has 0 aromatic heterocycles. The van der Waals surface area contributed by atoms with Gasteiger partial charge in [-0.1, -0.05) is 13.8 Å². The van der Waals surface area contributed by atoms with E-state index in [9.17, 15) is 4.39 Å². The Kier molecular flexibility index (Phi) is 6.85. The minimum Gasteiger partial charge on any atom is -0.369 e. The Morgan fingerprint density at radius 3 is 2.58 bits per heavy atom. The Labute approximate surface area is 117 Å². The molecule has 0 saturated carbocycles. The maximum absolute atomic E-state index is 13.5. The lowest BCUT2D eigenvalue weighted by Crippen LogP contribution is -2.33. The van der Waals surface area contributed by atoms with Crippen molar-refractivity contribution >= 4 is 5.69 Å². The van der Waals surface area contributed by atoms with Gasteiger partial charge in [0, 0.05) is 24.8 Å². The second-order valence-corrected chi connectivity index (χ2v) is 4.99. The SMILES string of the molecule is CCCNCc1cc(F)ccc1N(CC)C(C)CC. The zero-order chi connectivity index (χ0) is 14.3. The first kappa shape index (κ1) is 16.0. The first-order valence-electron chi connectivity index (χ1n) is 7.39. The first-order valence-corrected chi connectivity index (χ1v) is 7.39. The average molecular weight is 266 g/mol. The van der Waals surface area contributed by atoms with Crippen LogP contribution in [0.25, 0.3) is 0 Å². The molecule has 0 amide bonds. The number of rotatable bonds is 8. The van der Waals surface area contributed by atoms with Crippen molar-refractivity contribution in [2.24, 2.45) is 0 Å². The second kappa shape index (κ2) is 8.16. The lowest BCUT2D eigenvalue weighted by atomic mass is 10.1. The van der Waals surface area contributed by atoms with Crippen LogP contribution < -0.4 is 10.2 Å². The van der Waals surface area contributed by atoms with Crippen LogP contribution in [0.3, 0.4) is 0 Å². The number of nitrogens with one attached hydrogen (secondary N) is 1. The summed E-state index contributed by atoms with van der Waals surface area (Å²) in [5, 5.41) is 3.36. The average Bonchev–Trinajstić information content (AvgIpc) is 2.41. The van der Waals surface area contributed by atoms with E-state index in [1.165, 1.54) is 0 Å². The van der Waals surface area contributed by atoms with Crippen molar-refractivity contribution in [3.8, 4) is 0 Å². The van der Waals surface area contributed by atoms with Gasteiger partial charge < -0.3 is 10.2 Å². The molecule has 0 aliphatic carbocycles. The van der Waals surface area contributed by atoms with Crippen LogP contribution in [0.2, 0.25) is 0 Å². The first-order chi connectivity index (χ1) is 9.13. The molecule has 108 valence electrons. The lowest BCUT2D eigenvalue weighted by Gasteiger charge is -2.31. The van der Waals surface area contributed by atoms with E-state index in [2.05, 4.69) is 37.9 Å². The highest BCUT2D eigenvalue weighted by atomic mass is 19.1. The third kappa shape index (κ3) is 4.50. The molecule has 1 rings (SSSR count). The predicted molar refractivity (Wildman–Crippen MR) is 81.2 cm³/mol. The van der Waals surface area contributed by atoms with Crippen molar-refractivity contribution in [2.45, 2.75) is 53.1 Å². The molecule has 0 heterocycles. The van der Waals surface area contributed by atoms with Crippen LogP contribution in [-0.4, -0.2) is 19.1 Å². The third-order valence-electron chi connectivity index (χ3n) is 3.56. The molecule has 0 spiro atoms. The van der Waals surface area contributed by atoms with Gasteiger partial charge in [0.25, 0.3) is 0 Å². The number of hydrogen-bond donors (Lipinski definition) is 1. The van der Waals surface area contributed by atoms with E-state index in [-0.39, 0.29) is 5.82 Å². The van der Waals surface area contributed by atoms with Crippen molar-refractivity contribution < 1.29 is 4.39 Å². The quantitative estimate of drug-likeness (QED) is 0.717. The molecule has 0 bridgehead atoms. The summed E-state index contributed by atoms with van der Waals surface area (Å²) in [5.41, 5.74) is 2.21. The fraction of sp³-hybridized carbons (Fsp3) is 0.625. The Hall–Kier alpha value is -1.09. The predicted octanol–water partition coefficient (Wildman–Crippen LogP) is 3.95. The van der Waals surface area contributed by atoms with Crippen molar-refractivity contribution in [1.29, 1.82) is 0 Å². The van der Waals surface area contributed by atoms with Gasteiger partial charge in [0.1, 0.15) is 5.82 Å². The second-order valence-electron chi connectivity index (χ2n) is 4.99.